The normalized spacial score (nSPS) is 18.2. The summed E-state index contributed by atoms with van der Waals surface area (Å²) in [7, 11) is 2.17. The van der Waals surface area contributed by atoms with Crippen LogP contribution in [0.15, 0.2) is 29.2 Å². The Bertz CT molecular complexity index is 358. The molecule has 1 aliphatic heterocycles. The number of hydrogen-bond acceptors (Lipinski definition) is 4. The Morgan fingerprint density at radius 3 is 2.53 bits per heavy atom. The maximum Gasteiger partial charge on any atom is 0.150 e. The molecule has 0 amide bonds. The van der Waals surface area contributed by atoms with E-state index >= 15 is 0 Å². The third-order valence-electron chi connectivity index (χ3n) is 3.08. The molecule has 17 heavy (non-hydrogen) atoms. The molecular weight excluding hydrogens is 232 g/mol. The van der Waals surface area contributed by atoms with Gasteiger partial charge in [0.15, 0.2) is 0 Å². The van der Waals surface area contributed by atoms with Crippen LogP contribution in [0.1, 0.15) is 23.2 Å². The molecule has 0 spiro atoms. The first-order valence-corrected chi connectivity index (χ1v) is 6.76. The number of nitrogens with one attached hydrogen (secondary N) is 1. The van der Waals surface area contributed by atoms with Crippen LogP contribution >= 0.6 is 11.9 Å². The first-order valence-electron chi connectivity index (χ1n) is 5.94. The minimum atomic E-state index is 0.599. The van der Waals surface area contributed by atoms with Crippen molar-refractivity contribution in [1.82, 2.24) is 9.62 Å². The van der Waals surface area contributed by atoms with Crippen LogP contribution in [0, 0.1) is 0 Å². The zero-order chi connectivity index (χ0) is 12.1. The van der Waals surface area contributed by atoms with E-state index in [0.29, 0.717) is 6.04 Å². The van der Waals surface area contributed by atoms with E-state index in [0.717, 1.165) is 16.7 Å². The van der Waals surface area contributed by atoms with Gasteiger partial charge < -0.3 is 4.90 Å². The average Bonchev–Trinajstić information content (AvgIpc) is 2.39. The minimum Gasteiger partial charge on any atom is -0.306 e. The van der Waals surface area contributed by atoms with E-state index in [2.05, 4.69) is 16.7 Å². The van der Waals surface area contributed by atoms with Crippen LogP contribution in [0.2, 0.25) is 0 Å². The minimum absolute atomic E-state index is 0.599. The number of aldehydes is 1. The van der Waals surface area contributed by atoms with Crippen molar-refractivity contribution in [3.8, 4) is 0 Å². The summed E-state index contributed by atoms with van der Waals surface area (Å²) in [6.45, 7) is 2.34. The Morgan fingerprint density at radius 1 is 1.29 bits per heavy atom. The zero-order valence-electron chi connectivity index (χ0n) is 10.1. The maximum absolute atomic E-state index is 10.5. The Balaban J connectivity index is 1.79. The molecule has 1 heterocycles. The van der Waals surface area contributed by atoms with Crippen LogP contribution in [0.25, 0.3) is 0 Å². The van der Waals surface area contributed by atoms with Gasteiger partial charge in [-0.2, -0.15) is 0 Å². The van der Waals surface area contributed by atoms with Crippen molar-refractivity contribution < 1.29 is 4.79 Å². The molecule has 1 N–H and O–H groups in total. The summed E-state index contributed by atoms with van der Waals surface area (Å²) < 4.78 is 3.50. The molecule has 0 saturated carbocycles. The molecule has 0 aliphatic carbocycles. The summed E-state index contributed by atoms with van der Waals surface area (Å²) in [5.41, 5.74) is 0.730. The van der Waals surface area contributed by atoms with E-state index < -0.39 is 0 Å². The van der Waals surface area contributed by atoms with Crippen molar-refractivity contribution in [2.75, 3.05) is 20.1 Å². The number of nitrogens with zero attached hydrogens (tertiary/aromatic N) is 1. The lowest BCUT2D eigenvalue weighted by molar-refractivity contribution is 0.112. The molecule has 92 valence electrons. The molecule has 0 radical (unpaired) electrons. The molecule has 1 saturated heterocycles. The first-order chi connectivity index (χ1) is 8.28. The van der Waals surface area contributed by atoms with Gasteiger partial charge in [0.05, 0.1) is 0 Å². The van der Waals surface area contributed by atoms with E-state index in [4.69, 9.17) is 0 Å². The van der Waals surface area contributed by atoms with Gasteiger partial charge in [-0.3, -0.25) is 9.52 Å². The van der Waals surface area contributed by atoms with Crippen molar-refractivity contribution in [3.63, 3.8) is 0 Å². The first kappa shape index (κ1) is 12.6. The van der Waals surface area contributed by atoms with Gasteiger partial charge in [-0.15, -0.1) is 0 Å². The monoisotopic (exact) mass is 250 g/mol. The van der Waals surface area contributed by atoms with Gasteiger partial charge in [0.2, 0.25) is 0 Å². The molecule has 1 aliphatic rings. The van der Waals surface area contributed by atoms with Crippen LogP contribution in [0.5, 0.6) is 0 Å². The van der Waals surface area contributed by atoms with Crippen LogP contribution < -0.4 is 4.72 Å². The summed E-state index contributed by atoms with van der Waals surface area (Å²) in [5.74, 6) is 0. The Kier molecular flexibility index (Phi) is 4.59. The van der Waals surface area contributed by atoms with Crippen molar-refractivity contribution in [3.05, 3.63) is 29.8 Å². The smallest absolute Gasteiger partial charge is 0.150 e. The van der Waals surface area contributed by atoms with Gasteiger partial charge in [-0.1, -0.05) is 12.1 Å². The molecule has 4 heteroatoms. The summed E-state index contributed by atoms with van der Waals surface area (Å²) in [6, 6.07) is 8.27. The van der Waals surface area contributed by atoms with E-state index in [1.165, 1.54) is 25.9 Å². The average molecular weight is 250 g/mol. The highest BCUT2D eigenvalue weighted by Gasteiger charge is 2.15. The lowest BCUT2D eigenvalue weighted by Gasteiger charge is -2.29. The van der Waals surface area contributed by atoms with Crippen molar-refractivity contribution in [2.45, 2.75) is 23.8 Å². The van der Waals surface area contributed by atoms with E-state index in [-0.39, 0.29) is 0 Å². The van der Waals surface area contributed by atoms with Crippen LogP contribution in [-0.4, -0.2) is 37.4 Å². The molecule has 2 rings (SSSR count). The second-order valence-corrected chi connectivity index (χ2v) is 5.40. The summed E-state index contributed by atoms with van der Waals surface area (Å²) in [6.07, 6.45) is 3.28. The molecule has 0 unspecified atom stereocenters. The summed E-state index contributed by atoms with van der Waals surface area (Å²) in [5, 5.41) is 0. The standard InChI is InChI=1S/C13H18N2OS/c1-15-8-6-12(7-9-15)14-17-13-4-2-11(10-16)3-5-13/h2-5,10,12,14H,6-9H2,1H3. The van der Waals surface area contributed by atoms with Gasteiger partial charge >= 0.3 is 0 Å². The second-order valence-electron chi connectivity index (χ2n) is 4.48. The maximum atomic E-state index is 10.5. The molecular formula is C13H18N2OS. The summed E-state index contributed by atoms with van der Waals surface area (Å²) >= 11 is 1.66. The largest absolute Gasteiger partial charge is 0.306 e. The highest BCUT2D eigenvalue weighted by molar-refractivity contribution is 7.97. The number of carbonyl (C=O) groups is 1. The van der Waals surface area contributed by atoms with Crippen molar-refractivity contribution in [2.24, 2.45) is 0 Å². The Morgan fingerprint density at radius 2 is 1.94 bits per heavy atom. The van der Waals surface area contributed by atoms with E-state index in [1.54, 1.807) is 11.9 Å². The van der Waals surface area contributed by atoms with Gasteiger partial charge in [0, 0.05) is 16.5 Å². The van der Waals surface area contributed by atoms with Crippen LogP contribution in [0.3, 0.4) is 0 Å². The molecule has 0 atom stereocenters. The SMILES string of the molecule is CN1CCC(NSc2ccc(C=O)cc2)CC1. The highest BCUT2D eigenvalue weighted by atomic mass is 32.2. The van der Waals surface area contributed by atoms with Gasteiger partial charge in [0.25, 0.3) is 0 Å². The zero-order valence-corrected chi connectivity index (χ0v) is 10.9. The fourth-order valence-electron chi connectivity index (χ4n) is 1.89. The van der Waals surface area contributed by atoms with Gasteiger partial charge in [-0.05, 0) is 57.1 Å². The van der Waals surface area contributed by atoms with Gasteiger partial charge in [-0.25, -0.2) is 0 Å². The fraction of sp³-hybridized carbons (Fsp3) is 0.462. The van der Waals surface area contributed by atoms with E-state index in [9.17, 15) is 4.79 Å². The predicted molar refractivity (Wildman–Crippen MR) is 71.3 cm³/mol. The number of carbonyl (C=O) groups excluding carboxylic acids is 1. The second kappa shape index (κ2) is 6.19. The number of hydrogen-bond donors (Lipinski definition) is 1. The number of benzene rings is 1. The van der Waals surface area contributed by atoms with E-state index in [1.807, 2.05) is 24.3 Å². The van der Waals surface area contributed by atoms with Crippen LogP contribution in [-0.2, 0) is 0 Å². The summed E-state index contributed by atoms with van der Waals surface area (Å²) in [4.78, 5) is 14.1. The third-order valence-corrected chi connectivity index (χ3v) is 4.04. The number of rotatable bonds is 4. The van der Waals surface area contributed by atoms with Crippen molar-refractivity contribution >= 4 is 18.2 Å². The molecule has 1 aromatic carbocycles. The highest BCUT2D eigenvalue weighted by Crippen LogP contribution is 2.18. The lowest BCUT2D eigenvalue weighted by atomic mass is 10.1. The molecule has 1 aromatic rings. The number of likely N-dealkylation sites (tertiary alicyclic amines) is 1. The Labute approximate surface area is 107 Å². The lowest BCUT2D eigenvalue weighted by Crippen LogP contribution is -2.38. The van der Waals surface area contributed by atoms with Crippen LogP contribution in [0.4, 0.5) is 0 Å². The molecule has 0 bridgehead atoms. The van der Waals surface area contributed by atoms with Crippen molar-refractivity contribution in [1.29, 1.82) is 0 Å². The number of piperidine rings is 1. The Hall–Kier alpha value is -0.840. The fourth-order valence-corrected chi connectivity index (χ4v) is 2.70. The topological polar surface area (TPSA) is 32.3 Å². The van der Waals surface area contributed by atoms with Gasteiger partial charge in [0.1, 0.15) is 6.29 Å². The molecule has 1 fully saturated rings. The molecule has 0 aromatic heterocycles. The quantitative estimate of drug-likeness (QED) is 0.656. The molecule has 3 nitrogen and oxygen atoms in total. The predicted octanol–water partition coefficient (Wildman–Crippen LogP) is 2.19. The third kappa shape index (κ3) is 3.84.